The van der Waals surface area contributed by atoms with Gasteiger partial charge in [-0.2, -0.15) is 5.10 Å². The van der Waals surface area contributed by atoms with Gasteiger partial charge in [0, 0.05) is 26.4 Å². The highest BCUT2D eigenvalue weighted by molar-refractivity contribution is 6.76. The molecule has 124 valence electrons. The van der Waals surface area contributed by atoms with Gasteiger partial charge in [0.25, 0.3) is 0 Å². The molecule has 0 aliphatic rings. The van der Waals surface area contributed by atoms with E-state index in [0.29, 0.717) is 24.5 Å². The molecule has 23 heavy (non-hydrogen) atoms. The Kier molecular flexibility index (Phi) is 5.33. The Morgan fingerprint density at radius 2 is 2.04 bits per heavy atom. The largest absolute Gasteiger partial charge is 0.478 e. The van der Waals surface area contributed by atoms with Gasteiger partial charge in [0.05, 0.1) is 11.8 Å². The minimum Gasteiger partial charge on any atom is -0.478 e. The standard InChI is InChI=1S/C16H21FN2O3Si/c1-23(2,3)5-4-22-11-19-10-14(9-18-19)12-6-13(16(20)21)8-15(17)7-12/h6-10H,4-5,11H2,1-3H3,(H,20,21). The molecule has 2 rings (SSSR count). The van der Waals surface area contributed by atoms with Crippen LogP contribution in [0.5, 0.6) is 0 Å². The molecular weight excluding hydrogens is 315 g/mol. The van der Waals surface area contributed by atoms with Crippen molar-refractivity contribution in [3.05, 3.63) is 42.0 Å². The summed E-state index contributed by atoms with van der Waals surface area (Å²) in [6.45, 7) is 7.87. The van der Waals surface area contributed by atoms with E-state index in [1.807, 2.05) is 0 Å². The Hall–Kier alpha value is -1.99. The summed E-state index contributed by atoms with van der Waals surface area (Å²) in [6.07, 6.45) is 3.29. The molecule has 0 bridgehead atoms. The fraction of sp³-hybridized carbons (Fsp3) is 0.375. The third-order valence-corrected chi connectivity index (χ3v) is 5.04. The fourth-order valence-electron chi connectivity index (χ4n) is 2.00. The lowest BCUT2D eigenvalue weighted by atomic mass is 10.1. The number of halogens is 1. The molecule has 1 aromatic carbocycles. The average Bonchev–Trinajstić information content (AvgIpc) is 2.91. The van der Waals surface area contributed by atoms with Crippen molar-refractivity contribution in [3.8, 4) is 11.1 Å². The van der Waals surface area contributed by atoms with Crippen LogP contribution >= 0.6 is 0 Å². The van der Waals surface area contributed by atoms with Crippen molar-refractivity contribution in [2.75, 3.05) is 6.61 Å². The number of aromatic carboxylic acids is 1. The van der Waals surface area contributed by atoms with Gasteiger partial charge in [0.1, 0.15) is 12.5 Å². The van der Waals surface area contributed by atoms with Gasteiger partial charge in [-0.1, -0.05) is 19.6 Å². The van der Waals surface area contributed by atoms with Crippen LogP contribution in [0.2, 0.25) is 25.7 Å². The Morgan fingerprint density at radius 3 is 2.70 bits per heavy atom. The second-order valence-electron chi connectivity index (χ2n) is 6.65. The number of ether oxygens (including phenoxy) is 1. The normalized spacial score (nSPS) is 11.7. The summed E-state index contributed by atoms with van der Waals surface area (Å²) in [7, 11) is -1.12. The van der Waals surface area contributed by atoms with Gasteiger partial charge in [-0.3, -0.25) is 0 Å². The molecule has 0 spiro atoms. The van der Waals surface area contributed by atoms with E-state index < -0.39 is 19.9 Å². The second kappa shape index (κ2) is 7.06. The van der Waals surface area contributed by atoms with E-state index in [-0.39, 0.29) is 5.56 Å². The first-order valence-corrected chi connectivity index (χ1v) is 11.1. The number of carbonyl (C=O) groups is 1. The van der Waals surface area contributed by atoms with Gasteiger partial charge in [0.2, 0.25) is 0 Å². The maximum absolute atomic E-state index is 13.5. The maximum atomic E-state index is 13.5. The third-order valence-electron chi connectivity index (χ3n) is 3.33. The van der Waals surface area contributed by atoms with E-state index in [1.165, 1.54) is 12.1 Å². The predicted molar refractivity (Wildman–Crippen MR) is 88.7 cm³/mol. The Bertz CT molecular complexity index is 695. The molecule has 1 aromatic heterocycles. The molecule has 1 N–H and O–H groups in total. The van der Waals surface area contributed by atoms with Crippen molar-refractivity contribution >= 4 is 14.0 Å². The van der Waals surface area contributed by atoms with Gasteiger partial charge in [-0.15, -0.1) is 0 Å². The van der Waals surface area contributed by atoms with E-state index in [4.69, 9.17) is 9.84 Å². The van der Waals surface area contributed by atoms with Crippen molar-refractivity contribution in [3.63, 3.8) is 0 Å². The van der Waals surface area contributed by atoms with Crippen LogP contribution in [-0.4, -0.2) is 35.5 Å². The van der Waals surface area contributed by atoms with E-state index in [2.05, 4.69) is 24.7 Å². The van der Waals surface area contributed by atoms with Crippen LogP contribution < -0.4 is 0 Å². The molecule has 0 saturated heterocycles. The van der Waals surface area contributed by atoms with E-state index in [9.17, 15) is 9.18 Å². The SMILES string of the molecule is C[Si](C)(C)CCOCn1cc(-c2cc(F)cc(C(=O)O)c2)cn1. The quantitative estimate of drug-likeness (QED) is 0.618. The molecule has 2 aromatic rings. The minimum absolute atomic E-state index is 0.0841. The maximum Gasteiger partial charge on any atom is 0.335 e. The molecular formula is C16H21FN2O3Si. The van der Waals surface area contributed by atoms with Crippen LogP contribution in [0.25, 0.3) is 11.1 Å². The lowest BCUT2D eigenvalue weighted by molar-refractivity contribution is 0.0696. The summed E-state index contributed by atoms with van der Waals surface area (Å²) in [5, 5.41) is 13.2. The first-order valence-electron chi connectivity index (χ1n) is 7.39. The Labute approximate surface area is 135 Å². The molecule has 0 radical (unpaired) electrons. The smallest absolute Gasteiger partial charge is 0.335 e. The molecule has 0 aliphatic heterocycles. The summed E-state index contributed by atoms with van der Waals surface area (Å²) in [5.41, 5.74) is 1.05. The molecule has 0 fully saturated rings. The minimum atomic E-state index is -1.16. The van der Waals surface area contributed by atoms with Crippen molar-refractivity contribution in [2.45, 2.75) is 32.4 Å². The van der Waals surface area contributed by atoms with Crippen LogP contribution in [0.4, 0.5) is 4.39 Å². The lowest BCUT2D eigenvalue weighted by Gasteiger charge is -2.15. The van der Waals surface area contributed by atoms with Crippen LogP contribution in [0.1, 0.15) is 10.4 Å². The van der Waals surface area contributed by atoms with Crippen LogP contribution in [-0.2, 0) is 11.5 Å². The van der Waals surface area contributed by atoms with Gasteiger partial charge in [-0.05, 0) is 29.8 Å². The molecule has 0 aliphatic carbocycles. The molecule has 7 heteroatoms. The highest BCUT2D eigenvalue weighted by Gasteiger charge is 2.12. The number of rotatable bonds is 7. The zero-order valence-electron chi connectivity index (χ0n) is 13.5. The second-order valence-corrected chi connectivity index (χ2v) is 12.3. The van der Waals surface area contributed by atoms with Crippen molar-refractivity contribution in [1.29, 1.82) is 0 Å². The Morgan fingerprint density at radius 1 is 1.30 bits per heavy atom. The van der Waals surface area contributed by atoms with Crippen LogP contribution in [0.15, 0.2) is 30.6 Å². The zero-order chi connectivity index (χ0) is 17.0. The first-order chi connectivity index (χ1) is 10.7. The highest BCUT2D eigenvalue weighted by atomic mass is 28.3. The molecule has 5 nitrogen and oxygen atoms in total. The van der Waals surface area contributed by atoms with E-state index in [0.717, 1.165) is 12.1 Å². The number of nitrogens with zero attached hydrogens (tertiary/aromatic N) is 2. The number of carboxylic acids is 1. The fourth-order valence-corrected chi connectivity index (χ4v) is 2.76. The number of carboxylic acid groups (broad SMARTS) is 1. The molecule has 0 unspecified atom stereocenters. The van der Waals surface area contributed by atoms with Gasteiger partial charge < -0.3 is 9.84 Å². The number of hydrogen-bond acceptors (Lipinski definition) is 3. The van der Waals surface area contributed by atoms with Crippen molar-refractivity contribution in [1.82, 2.24) is 9.78 Å². The topological polar surface area (TPSA) is 64.3 Å². The molecule has 0 atom stereocenters. The van der Waals surface area contributed by atoms with Gasteiger partial charge >= 0.3 is 5.97 Å². The first kappa shape index (κ1) is 17.4. The zero-order valence-corrected chi connectivity index (χ0v) is 14.5. The van der Waals surface area contributed by atoms with Gasteiger partial charge in [0.15, 0.2) is 0 Å². The van der Waals surface area contributed by atoms with Crippen LogP contribution in [0.3, 0.4) is 0 Å². The monoisotopic (exact) mass is 336 g/mol. The molecule has 0 saturated carbocycles. The Balaban J connectivity index is 2.03. The van der Waals surface area contributed by atoms with Crippen molar-refractivity contribution < 1.29 is 19.0 Å². The number of benzene rings is 1. The molecule has 0 amide bonds. The van der Waals surface area contributed by atoms with Crippen LogP contribution in [0, 0.1) is 5.82 Å². The van der Waals surface area contributed by atoms with Gasteiger partial charge in [-0.25, -0.2) is 13.9 Å². The summed E-state index contributed by atoms with van der Waals surface area (Å²) < 4.78 is 20.7. The van der Waals surface area contributed by atoms with E-state index in [1.54, 1.807) is 17.1 Å². The van der Waals surface area contributed by atoms with E-state index >= 15 is 0 Å². The average molecular weight is 336 g/mol. The number of hydrogen-bond donors (Lipinski definition) is 1. The lowest BCUT2D eigenvalue weighted by Crippen LogP contribution is -2.22. The summed E-state index contributed by atoms with van der Waals surface area (Å²) in [6, 6.07) is 4.79. The summed E-state index contributed by atoms with van der Waals surface area (Å²) >= 11 is 0. The predicted octanol–water partition coefficient (Wildman–Crippen LogP) is 3.70. The summed E-state index contributed by atoms with van der Waals surface area (Å²) in [5.74, 6) is -1.74. The number of aromatic nitrogens is 2. The third kappa shape index (κ3) is 5.29. The highest BCUT2D eigenvalue weighted by Crippen LogP contribution is 2.21. The summed E-state index contributed by atoms with van der Waals surface area (Å²) in [4.78, 5) is 11.0. The molecule has 1 heterocycles. The van der Waals surface area contributed by atoms with Crippen molar-refractivity contribution in [2.24, 2.45) is 0 Å².